The minimum atomic E-state index is -0.0953. The van der Waals surface area contributed by atoms with Gasteiger partial charge in [-0.25, -0.2) is 0 Å². The summed E-state index contributed by atoms with van der Waals surface area (Å²) in [4.78, 5) is 28.3. The second-order valence-corrected chi connectivity index (χ2v) is 8.19. The summed E-state index contributed by atoms with van der Waals surface area (Å²) >= 11 is 0. The highest BCUT2D eigenvalue weighted by atomic mass is 16.5. The van der Waals surface area contributed by atoms with Crippen molar-refractivity contribution >= 4 is 11.8 Å². The lowest BCUT2D eigenvalue weighted by Crippen LogP contribution is -2.52. The Morgan fingerprint density at radius 1 is 1.12 bits per heavy atom. The summed E-state index contributed by atoms with van der Waals surface area (Å²) in [5.41, 5.74) is -0.0953. The molecule has 0 aromatic rings. The van der Waals surface area contributed by atoms with E-state index < -0.39 is 0 Å². The molecule has 5 heteroatoms. The van der Waals surface area contributed by atoms with Crippen molar-refractivity contribution in [2.75, 3.05) is 33.8 Å². The summed E-state index contributed by atoms with van der Waals surface area (Å²) in [5, 5.41) is 0. The monoisotopic (exact) mass is 336 g/mol. The third kappa shape index (κ3) is 3.93. The Hall–Kier alpha value is -1.10. The Morgan fingerprint density at radius 3 is 2.42 bits per heavy atom. The molecule has 0 aromatic heterocycles. The predicted octanol–water partition coefficient (Wildman–Crippen LogP) is 2.44. The Balaban J connectivity index is 1.52. The number of hydrogen-bond acceptors (Lipinski definition) is 3. The number of hydrogen-bond donors (Lipinski definition) is 0. The van der Waals surface area contributed by atoms with Crippen LogP contribution in [0.2, 0.25) is 0 Å². The Labute approximate surface area is 145 Å². The fourth-order valence-electron chi connectivity index (χ4n) is 4.65. The predicted molar refractivity (Wildman–Crippen MR) is 92.5 cm³/mol. The summed E-state index contributed by atoms with van der Waals surface area (Å²) in [6.07, 6.45) is 9.00. The fourth-order valence-corrected chi connectivity index (χ4v) is 4.65. The van der Waals surface area contributed by atoms with Gasteiger partial charge in [0.25, 0.3) is 0 Å². The quantitative estimate of drug-likeness (QED) is 0.795. The van der Waals surface area contributed by atoms with Crippen LogP contribution in [0.15, 0.2) is 0 Å². The van der Waals surface area contributed by atoms with Gasteiger partial charge in [0.1, 0.15) is 0 Å². The van der Waals surface area contributed by atoms with Gasteiger partial charge in [0.05, 0.1) is 5.60 Å². The van der Waals surface area contributed by atoms with Crippen LogP contribution in [0.4, 0.5) is 0 Å². The van der Waals surface area contributed by atoms with Gasteiger partial charge in [-0.15, -0.1) is 0 Å². The summed E-state index contributed by atoms with van der Waals surface area (Å²) in [5.74, 6) is 1.28. The van der Waals surface area contributed by atoms with Crippen LogP contribution in [0.3, 0.4) is 0 Å². The van der Waals surface area contributed by atoms with Gasteiger partial charge in [0, 0.05) is 46.1 Å². The number of carbonyl (C=O) groups is 2. The molecule has 2 saturated heterocycles. The molecule has 24 heavy (non-hydrogen) atoms. The van der Waals surface area contributed by atoms with Crippen LogP contribution in [-0.4, -0.2) is 61.0 Å². The highest BCUT2D eigenvalue weighted by Crippen LogP contribution is 2.39. The molecule has 0 bridgehead atoms. The molecule has 1 spiro atoms. The first-order valence-corrected chi connectivity index (χ1v) is 9.62. The summed E-state index contributed by atoms with van der Waals surface area (Å²) in [6.45, 7) is 2.40. The second-order valence-electron chi connectivity index (χ2n) is 8.19. The van der Waals surface area contributed by atoms with Crippen LogP contribution in [0.1, 0.15) is 57.8 Å². The molecular formula is C19H32N2O3. The van der Waals surface area contributed by atoms with Crippen molar-refractivity contribution in [3.63, 3.8) is 0 Å². The smallest absolute Gasteiger partial charge is 0.225 e. The molecule has 1 saturated carbocycles. The van der Waals surface area contributed by atoms with Crippen LogP contribution in [0.5, 0.6) is 0 Å². The molecular weight excluding hydrogens is 304 g/mol. The van der Waals surface area contributed by atoms with Crippen molar-refractivity contribution in [2.24, 2.45) is 11.8 Å². The number of amides is 2. The van der Waals surface area contributed by atoms with Crippen molar-refractivity contribution < 1.29 is 14.3 Å². The first-order valence-electron chi connectivity index (χ1n) is 9.62. The van der Waals surface area contributed by atoms with Crippen molar-refractivity contribution in [3.05, 3.63) is 0 Å². The molecule has 2 aliphatic heterocycles. The standard InChI is InChI=1S/C19H32N2O3/c1-20(2)17(22)13-15-7-12-24-19(14-15)8-10-21(11-9-19)18(23)16-5-3-4-6-16/h15-16H,3-14H2,1-2H3. The molecule has 0 aromatic carbocycles. The number of piperidine rings is 1. The molecule has 2 amide bonds. The molecule has 1 atom stereocenters. The zero-order valence-electron chi connectivity index (χ0n) is 15.3. The highest BCUT2D eigenvalue weighted by Gasteiger charge is 2.42. The van der Waals surface area contributed by atoms with Crippen LogP contribution in [0, 0.1) is 11.8 Å². The average molecular weight is 336 g/mol. The number of carbonyl (C=O) groups excluding carboxylic acids is 2. The largest absolute Gasteiger partial charge is 0.375 e. The molecule has 3 aliphatic rings. The van der Waals surface area contributed by atoms with E-state index >= 15 is 0 Å². The number of nitrogens with zero attached hydrogens (tertiary/aromatic N) is 2. The van der Waals surface area contributed by atoms with E-state index in [0.29, 0.717) is 18.2 Å². The summed E-state index contributed by atoms with van der Waals surface area (Å²) in [7, 11) is 3.65. The van der Waals surface area contributed by atoms with E-state index in [1.807, 2.05) is 14.1 Å². The van der Waals surface area contributed by atoms with Crippen molar-refractivity contribution in [1.29, 1.82) is 0 Å². The van der Waals surface area contributed by atoms with Gasteiger partial charge in [0.15, 0.2) is 0 Å². The van der Waals surface area contributed by atoms with E-state index in [-0.39, 0.29) is 17.4 Å². The van der Waals surface area contributed by atoms with Crippen molar-refractivity contribution in [2.45, 2.75) is 63.4 Å². The zero-order chi connectivity index (χ0) is 17.2. The third-order valence-electron chi connectivity index (χ3n) is 6.25. The van der Waals surface area contributed by atoms with Crippen LogP contribution < -0.4 is 0 Å². The zero-order valence-corrected chi connectivity index (χ0v) is 15.3. The lowest BCUT2D eigenvalue weighted by molar-refractivity contribution is -0.152. The number of likely N-dealkylation sites (tertiary alicyclic amines) is 1. The fraction of sp³-hybridized carbons (Fsp3) is 0.895. The Morgan fingerprint density at radius 2 is 1.79 bits per heavy atom. The van der Waals surface area contributed by atoms with Crippen LogP contribution >= 0.6 is 0 Å². The molecule has 3 fully saturated rings. The van der Waals surface area contributed by atoms with Crippen LogP contribution in [0.25, 0.3) is 0 Å². The maximum absolute atomic E-state index is 12.6. The van der Waals surface area contributed by atoms with E-state index in [4.69, 9.17) is 4.74 Å². The van der Waals surface area contributed by atoms with E-state index in [9.17, 15) is 9.59 Å². The van der Waals surface area contributed by atoms with Gasteiger partial charge in [-0.3, -0.25) is 9.59 Å². The molecule has 0 N–H and O–H groups in total. The summed E-state index contributed by atoms with van der Waals surface area (Å²) < 4.78 is 6.17. The second kappa shape index (κ2) is 7.42. The number of ether oxygens (including phenoxy) is 1. The molecule has 3 rings (SSSR count). The molecule has 2 heterocycles. The average Bonchev–Trinajstić information content (AvgIpc) is 3.09. The minimum Gasteiger partial charge on any atom is -0.375 e. The SMILES string of the molecule is CN(C)C(=O)CC1CCOC2(CCN(C(=O)C3CCCC3)CC2)C1. The third-order valence-corrected chi connectivity index (χ3v) is 6.25. The molecule has 136 valence electrons. The van der Waals surface area contributed by atoms with Gasteiger partial charge >= 0.3 is 0 Å². The van der Waals surface area contributed by atoms with Crippen molar-refractivity contribution in [1.82, 2.24) is 9.80 Å². The van der Waals surface area contributed by atoms with E-state index in [2.05, 4.69) is 4.90 Å². The molecule has 5 nitrogen and oxygen atoms in total. The first kappa shape index (κ1) is 17.7. The topological polar surface area (TPSA) is 49.9 Å². The van der Waals surface area contributed by atoms with Crippen LogP contribution in [-0.2, 0) is 14.3 Å². The van der Waals surface area contributed by atoms with Gasteiger partial charge < -0.3 is 14.5 Å². The van der Waals surface area contributed by atoms with Gasteiger partial charge in [0.2, 0.25) is 11.8 Å². The highest BCUT2D eigenvalue weighted by molar-refractivity contribution is 5.79. The summed E-state index contributed by atoms with van der Waals surface area (Å²) in [6, 6.07) is 0. The maximum atomic E-state index is 12.6. The van der Waals surface area contributed by atoms with E-state index in [1.54, 1.807) is 4.90 Å². The van der Waals surface area contributed by atoms with Gasteiger partial charge in [-0.2, -0.15) is 0 Å². The molecule has 1 unspecified atom stereocenters. The minimum absolute atomic E-state index is 0.0953. The van der Waals surface area contributed by atoms with E-state index in [0.717, 1.165) is 58.2 Å². The lowest BCUT2D eigenvalue weighted by atomic mass is 9.78. The maximum Gasteiger partial charge on any atom is 0.225 e. The molecule has 0 radical (unpaired) electrons. The Kier molecular flexibility index (Phi) is 5.48. The first-order chi connectivity index (χ1) is 11.5. The lowest BCUT2D eigenvalue weighted by Gasteiger charge is -2.46. The van der Waals surface area contributed by atoms with E-state index in [1.165, 1.54) is 12.8 Å². The molecule has 1 aliphatic carbocycles. The Bertz CT molecular complexity index is 463. The van der Waals surface area contributed by atoms with Gasteiger partial charge in [-0.05, 0) is 44.4 Å². The number of rotatable bonds is 3. The van der Waals surface area contributed by atoms with Crippen molar-refractivity contribution in [3.8, 4) is 0 Å². The normalized spacial score (nSPS) is 27.4. The van der Waals surface area contributed by atoms with Gasteiger partial charge in [-0.1, -0.05) is 12.8 Å².